The Hall–Kier alpha value is -3.48. The number of nitrogens with one attached hydrogen (secondary N) is 1. The molecule has 0 bridgehead atoms. The Labute approximate surface area is 174 Å². The molecule has 1 aliphatic rings. The van der Waals surface area contributed by atoms with Gasteiger partial charge in [0.1, 0.15) is 11.6 Å². The summed E-state index contributed by atoms with van der Waals surface area (Å²) in [7, 11) is 0. The van der Waals surface area contributed by atoms with E-state index in [1.165, 1.54) is 12.1 Å². The third-order valence-electron chi connectivity index (χ3n) is 5.23. The highest BCUT2D eigenvalue weighted by atomic mass is 19.1. The maximum absolute atomic E-state index is 13.2. The average Bonchev–Trinajstić information content (AvgIpc) is 3.26. The van der Waals surface area contributed by atoms with E-state index in [-0.39, 0.29) is 24.1 Å². The van der Waals surface area contributed by atoms with Gasteiger partial charge in [0.05, 0.1) is 17.3 Å². The van der Waals surface area contributed by atoms with Crippen LogP contribution in [0, 0.1) is 25.6 Å². The standard InChI is InChI=1S/C23H23FN4O2/c1-15-3-5-17(6-4-15)13-27-14-18(12-22(27)29)23(30)25-21-11-16(2)26-28(21)20-9-7-19(24)8-10-20/h3-11,18H,12-14H2,1-2H3,(H,25,30). The summed E-state index contributed by atoms with van der Waals surface area (Å²) in [6.45, 7) is 4.71. The van der Waals surface area contributed by atoms with Crippen LogP contribution < -0.4 is 5.32 Å². The number of carbonyl (C=O) groups is 2. The van der Waals surface area contributed by atoms with Gasteiger partial charge >= 0.3 is 0 Å². The van der Waals surface area contributed by atoms with E-state index in [2.05, 4.69) is 10.4 Å². The number of rotatable bonds is 5. The van der Waals surface area contributed by atoms with Gasteiger partial charge in [-0.25, -0.2) is 9.07 Å². The SMILES string of the molecule is Cc1ccc(CN2CC(C(=O)Nc3cc(C)nn3-c3ccc(F)cc3)CC2=O)cc1. The normalized spacial score (nSPS) is 16.2. The predicted octanol–water partition coefficient (Wildman–Crippen LogP) is 3.62. The molecule has 6 nitrogen and oxygen atoms in total. The minimum Gasteiger partial charge on any atom is -0.338 e. The Morgan fingerprint density at radius 2 is 1.83 bits per heavy atom. The molecule has 30 heavy (non-hydrogen) atoms. The van der Waals surface area contributed by atoms with Crippen LogP contribution in [-0.4, -0.2) is 33.0 Å². The summed E-state index contributed by atoms with van der Waals surface area (Å²) in [5.41, 5.74) is 3.57. The highest BCUT2D eigenvalue weighted by molar-refractivity contribution is 5.96. The number of hydrogen-bond acceptors (Lipinski definition) is 3. The number of carbonyl (C=O) groups excluding carboxylic acids is 2. The molecule has 1 N–H and O–H groups in total. The molecule has 154 valence electrons. The van der Waals surface area contributed by atoms with Crippen molar-refractivity contribution in [3.63, 3.8) is 0 Å². The molecule has 2 amide bonds. The van der Waals surface area contributed by atoms with Gasteiger partial charge in [-0.05, 0) is 43.7 Å². The Bertz CT molecular complexity index is 1070. The van der Waals surface area contributed by atoms with Crippen LogP contribution in [0.3, 0.4) is 0 Å². The first-order chi connectivity index (χ1) is 14.4. The smallest absolute Gasteiger partial charge is 0.230 e. The summed E-state index contributed by atoms with van der Waals surface area (Å²) in [6.07, 6.45) is 0.182. The molecule has 4 rings (SSSR count). The van der Waals surface area contributed by atoms with Gasteiger partial charge in [0.15, 0.2) is 0 Å². The van der Waals surface area contributed by atoms with Crippen molar-refractivity contribution in [3.05, 3.63) is 77.2 Å². The highest BCUT2D eigenvalue weighted by Gasteiger charge is 2.34. The van der Waals surface area contributed by atoms with Crippen molar-refractivity contribution >= 4 is 17.6 Å². The summed E-state index contributed by atoms with van der Waals surface area (Å²) in [4.78, 5) is 27.0. The van der Waals surface area contributed by atoms with Crippen LogP contribution in [0.5, 0.6) is 0 Å². The quantitative estimate of drug-likeness (QED) is 0.704. The van der Waals surface area contributed by atoms with Crippen molar-refractivity contribution in [2.24, 2.45) is 5.92 Å². The molecule has 1 saturated heterocycles. The maximum atomic E-state index is 13.2. The van der Waals surface area contributed by atoms with Crippen molar-refractivity contribution in [1.29, 1.82) is 0 Å². The Kier molecular flexibility index (Phi) is 5.35. The monoisotopic (exact) mass is 406 g/mol. The topological polar surface area (TPSA) is 67.2 Å². The molecule has 2 aromatic carbocycles. The first-order valence-corrected chi connectivity index (χ1v) is 9.86. The van der Waals surface area contributed by atoms with Crippen molar-refractivity contribution in [3.8, 4) is 5.69 Å². The number of aromatic nitrogens is 2. The van der Waals surface area contributed by atoms with E-state index in [9.17, 15) is 14.0 Å². The zero-order valence-electron chi connectivity index (χ0n) is 16.9. The second-order valence-electron chi connectivity index (χ2n) is 7.71. The van der Waals surface area contributed by atoms with Gasteiger partial charge in [-0.3, -0.25) is 9.59 Å². The van der Waals surface area contributed by atoms with Crippen LogP contribution in [0.15, 0.2) is 54.6 Å². The van der Waals surface area contributed by atoms with E-state index in [1.54, 1.807) is 27.8 Å². The zero-order valence-corrected chi connectivity index (χ0v) is 16.9. The fourth-order valence-corrected chi connectivity index (χ4v) is 3.61. The number of anilines is 1. The molecule has 1 unspecified atom stereocenters. The molecule has 3 aromatic rings. The predicted molar refractivity (Wildman–Crippen MR) is 112 cm³/mol. The molecule has 7 heteroatoms. The molecule has 1 atom stereocenters. The second-order valence-corrected chi connectivity index (χ2v) is 7.71. The van der Waals surface area contributed by atoms with Gasteiger partial charge in [-0.1, -0.05) is 29.8 Å². The van der Waals surface area contributed by atoms with Crippen molar-refractivity contribution in [2.45, 2.75) is 26.8 Å². The fraction of sp³-hybridized carbons (Fsp3) is 0.261. The minimum absolute atomic E-state index is 0.0288. The van der Waals surface area contributed by atoms with Gasteiger partial charge in [-0.2, -0.15) is 5.10 Å². The molecular formula is C23H23FN4O2. The first kappa shape index (κ1) is 19.8. The van der Waals surface area contributed by atoms with Crippen LogP contribution in [0.4, 0.5) is 10.2 Å². The number of likely N-dealkylation sites (tertiary alicyclic amines) is 1. The average molecular weight is 406 g/mol. The fourth-order valence-electron chi connectivity index (χ4n) is 3.61. The Balaban J connectivity index is 1.45. The van der Waals surface area contributed by atoms with E-state index < -0.39 is 5.92 Å². The third-order valence-corrected chi connectivity index (χ3v) is 5.23. The van der Waals surface area contributed by atoms with Crippen LogP contribution in [-0.2, 0) is 16.1 Å². The number of benzene rings is 2. The van der Waals surface area contributed by atoms with Crippen LogP contribution in [0.2, 0.25) is 0 Å². The van der Waals surface area contributed by atoms with Crippen molar-refractivity contribution in [2.75, 3.05) is 11.9 Å². The largest absolute Gasteiger partial charge is 0.338 e. The van der Waals surface area contributed by atoms with Crippen LogP contribution >= 0.6 is 0 Å². The molecule has 1 fully saturated rings. The van der Waals surface area contributed by atoms with Gasteiger partial charge < -0.3 is 10.2 Å². The zero-order chi connectivity index (χ0) is 21.3. The highest BCUT2D eigenvalue weighted by Crippen LogP contribution is 2.24. The Morgan fingerprint density at radius 3 is 2.53 bits per heavy atom. The lowest BCUT2D eigenvalue weighted by Gasteiger charge is -2.17. The molecule has 1 aromatic heterocycles. The summed E-state index contributed by atoms with van der Waals surface area (Å²) in [6, 6.07) is 15.7. The third kappa shape index (κ3) is 4.25. The van der Waals surface area contributed by atoms with E-state index >= 15 is 0 Å². The number of hydrogen-bond donors (Lipinski definition) is 1. The molecule has 0 saturated carbocycles. The summed E-state index contributed by atoms with van der Waals surface area (Å²) in [5.74, 6) is -0.531. The van der Waals surface area contributed by atoms with E-state index in [0.29, 0.717) is 24.6 Å². The molecule has 0 spiro atoms. The van der Waals surface area contributed by atoms with Crippen LogP contribution in [0.25, 0.3) is 5.69 Å². The number of halogens is 1. The molecular weight excluding hydrogens is 383 g/mol. The summed E-state index contributed by atoms with van der Waals surface area (Å²) >= 11 is 0. The maximum Gasteiger partial charge on any atom is 0.230 e. The minimum atomic E-state index is -0.431. The first-order valence-electron chi connectivity index (χ1n) is 9.86. The van der Waals surface area contributed by atoms with E-state index in [1.807, 2.05) is 38.1 Å². The summed E-state index contributed by atoms with van der Waals surface area (Å²) in [5, 5.41) is 7.27. The second kappa shape index (κ2) is 8.10. The van der Waals surface area contributed by atoms with Gasteiger partial charge in [0, 0.05) is 25.6 Å². The lowest BCUT2D eigenvalue weighted by Crippen LogP contribution is -2.28. The number of amides is 2. The number of aryl methyl sites for hydroxylation is 2. The van der Waals surface area contributed by atoms with Crippen molar-refractivity contribution < 1.29 is 14.0 Å². The number of nitrogens with zero attached hydrogens (tertiary/aromatic N) is 3. The van der Waals surface area contributed by atoms with E-state index in [0.717, 1.165) is 16.8 Å². The lowest BCUT2D eigenvalue weighted by atomic mass is 10.1. The Morgan fingerprint density at radius 1 is 1.13 bits per heavy atom. The van der Waals surface area contributed by atoms with Gasteiger partial charge in [0.25, 0.3) is 0 Å². The molecule has 0 aliphatic carbocycles. The van der Waals surface area contributed by atoms with Gasteiger partial charge in [0.2, 0.25) is 11.8 Å². The van der Waals surface area contributed by atoms with Crippen molar-refractivity contribution in [1.82, 2.24) is 14.7 Å². The lowest BCUT2D eigenvalue weighted by molar-refractivity contribution is -0.128. The molecule has 2 heterocycles. The summed E-state index contributed by atoms with van der Waals surface area (Å²) < 4.78 is 14.8. The van der Waals surface area contributed by atoms with Gasteiger partial charge in [-0.15, -0.1) is 0 Å². The van der Waals surface area contributed by atoms with Crippen LogP contribution in [0.1, 0.15) is 23.2 Å². The molecule has 0 radical (unpaired) electrons. The molecule has 1 aliphatic heterocycles. The van der Waals surface area contributed by atoms with E-state index in [4.69, 9.17) is 0 Å².